The van der Waals surface area contributed by atoms with Crippen LogP contribution < -0.4 is 10.2 Å². The van der Waals surface area contributed by atoms with E-state index >= 15 is 0 Å². The standard InChI is InChI=1S/C25H19Cl2F3N2O5/c26-20-13-9-14(21(20)27)19-18(13)22(34)32(23(19)35)12-7-5-11(6-8-12)24(36)37-10-17(33)31-16-4-2-1-3-15(16)25(28,29)30/h1-8,13-14,18-21H,9-10H2,(H,31,33)/t13-,14-,18-,19+,20+,21+/m1/s1. The number of carbonyl (C=O) groups excluding carboxylic acids is 4. The number of anilines is 2. The van der Waals surface area contributed by atoms with Gasteiger partial charge in [0.1, 0.15) is 0 Å². The molecule has 3 amide bonds. The first kappa shape index (κ1) is 25.5. The molecule has 12 heteroatoms. The number of amides is 3. The second kappa shape index (κ2) is 9.33. The average molecular weight is 555 g/mol. The van der Waals surface area contributed by atoms with E-state index in [4.69, 9.17) is 27.9 Å². The van der Waals surface area contributed by atoms with E-state index in [1.54, 1.807) is 0 Å². The number of benzene rings is 2. The zero-order valence-corrected chi connectivity index (χ0v) is 20.4. The molecule has 2 aliphatic carbocycles. The first-order valence-corrected chi connectivity index (χ1v) is 12.3. The van der Waals surface area contributed by atoms with E-state index in [1.165, 1.54) is 36.4 Å². The third-order valence-corrected chi connectivity index (χ3v) is 8.51. The van der Waals surface area contributed by atoms with Crippen molar-refractivity contribution in [2.45, 2.75) is 23.4 Å². The molecular weight excluding hydrogens is 536 g/mol. The molecule has 0 aromatic heterocycles. The van der Waals surface area contributed by atoms with Crippen LogP contribution >= 0.6 is 23.2 Å². The summed E-state index contributed by atoms with van der Waals surface area (Å²) < 4.78 is 44.1. The molecule has 0 radical (unpaired) electrons. The Labute approximate surface area is 218 Å². The van der Waals surface area contributed by atoms with Crippen LogP contribution in [-0.2, 0) is 25.3 Å². The fourth-order valence-electron chi connectivity index (χ4n) is 5.59. The normalized spacial score (nSPS) is 28.4. The van der Waals surface area contributed by atoms with Crippen LogP contribution in [0.4, 0.5) is 24.5 Å². The number of para-hydroxylation sites is 1. The third kappa shape index (κ3) is 4.35. The van der Waals surface area contributed by atoms with Gasteiger partial charge in [0, 0.05) is 0 Å². The van der Waals surface area contributed by atoms with Crippen molar-refractivity contribution in [2.75, 3.05) is 16.8 Å². The summed E-state index contributed by atoms with van der Waals surface area (Å²) in [5.41, 5.74) is -1.19. The van der Waals surface area contributed by atoms with E-state index in [0.29, 0.717) is 6.42 Å². The molecule has 1 heterocycles. The Morgan fingerprint density at radius 1 is 0.946 bits per heavy atom. The fraction of sp³-hybridized carbons (Fsp3) is 0.360. The number of hydrogen-bond donors (Lipinski definition) is 1. The van der Waals surface area contributed by atoms with E-state index in [9.17, 15) is 32.3 Å². The van der Waals surface area contributed by atoms with Crippen molar-refractivity contribution in [3.63, 3.8) is 0 Å². The topological polar surface area (TPSA) is 92.8 Å². The third-order valence-electron chi connectivity index (χ3n) is 7.19. The highest BCUT2D eigenvalue weighted by molar-refractivity contribution is 6.32. The number of ether oxygens (including phenoxy) is 1. The van der Waals surface area contributed by atoms with Crippen molar-refractivity contribution in [3.05, 3.63) is 59.7 Å². The fourth-order valence-corrected chi connectivity index (χ4v) is 6.48. The summed E-state index contributed by atoms with van der Waals surface area (Å²) >= 11 is 12.7. The first-order valence-electron chi connectivity index (χ1n) is 11.4. The maximum atomic E-state index is 13.1. The van der Waals surface area contributed by atoms with Crippen LogP contribution in [0.3, 0.4) is 0 Å². The van der Waals surface area contributed by atoms with Crippen LogP contribution in [0.5, 0.6) is 0 Å². The van der Waals surface area contributed by atoms with Crippen molar-refractivity contribution in [1.82, 2.24) is 0 Å². The van der Waals surface area contributed by atoms with Gasteiger partial charge in [0.2, 0.25) is 11.8 Å². The number of carbonyl (C=O) groups is 4. The summed E-state index contributed by atoms with van der Waals surface area (Å²) in [4.78, 5) is 51.7. The SMILES string of the molecule is O=C(COC(=O)c1ccc(N2C(=O)[C@@H]3[C@H]4C[C@@H]([C@H](Cl)[C@H]4Cl)[C@@H]3C2=O)cc1)Nc1ccccc1C(F)(F)F. The molecule has 2 saturated carbocycles. The van der Waals surface area contributed by atoms with Gasteiger partial charge < -0.3 is 10.1 Å². The van der Waals surface area contributed by atoms with Gasteiger partial charge in [0.25, 0.3) is 5.91 Å². The van der Waals surface area contributed by atoms with Gasteiger partial charge in [-0.3, -0.25) is 19.3 Å². The Bertz CT molecular complexity index is 1250. The minimum Gasteiger partial charge on any atom is -0.452 e. The number of hydrogen-bond acceptors (Lipinski definition) is 5. The molecule has 5 rings (SSSR count). The summed E-state index contributed by atoms with van der Waals surface area (Å²) in [6, 6.07) is 9.89. The maximum Gasteiger partial charge on any atom is 0.418 e. The molecular formula is C25H19Cl2F3N2O5. The molecule has 2 aromatic carbocycles. The van der Waals surface area contributed by atoms with E-state index in [0.717, 1.165) is 17.0 Å². The highest BCUT2D eigenvalue weighted by Crippen LogP contribution is 2.59. The molecule has 1 aliphatic heterocycles. The van der Waals surface area contributed by atoms with Crippen LogP contribution in [-0.4, -0.2) is 41.1 Å². The highest BCUT2D eigenvalue weighted by atomic mass is 35.5. The van der Waals surface area contributed by atoms with Crippen LogP contribution in [0.15, 0.2) is 48.5 Å². The second-order valence-corrected chi connectivity index (χ2v) is 10.2. The number of nitrogens with zero attached hydrogens (tertiary/aromatic N) is 1. The van der Waals surface area contributed by atoms with Gasteiger partial charge in [-0.05, 0) is 54.7 Å². The number of halogens is 5. The lowest BCUT2D eigenvalue weighted by Gasteiger charge is -2.28. The van der Waals surface area contributed by atoms with Gasteiger partial charge in [-0.15, -0.1) is 23.2 Å². The lowest BCUT2D eigenvalue weighted by atomic mass is 9.80. The number of imide groups is 1. The van der Waals surface area contributed by atoms with Crippen molar-refractivity contribution in [3.8, 4) is 0 Å². The van der Waals surface area contributed by atoms with E-state index < -0.39 is 47.7 Å². The van der Waals surface area contributed by atoms with Gasteiger partial charge in [-0.25, -0.2) is 4.79 Å². The highest BCUT2D eigenvalue weighted by Gasteiger charge is 2.66. The largest absolute Gasteiger partial charge is 0.452 e. The van der Waals surface area contributed by atoms with Crippen LogP contribution in [0.25, 0.3) is 0 Å². The van der Waals surface area contributed by atoms with Gasteiger partial charge in [-0.1, -0.05) is 12.1 Å². The Hall–Kier alpha value is -3.11. The van der Waals surface area contributed by atoms with E-state index in [-0.39, 0.29) is 45.7 Å². The van der Waals surface area contributed by atoms with Crippen LogP contribution in [0, 0.1) is 23.7 Å². The Morgan fingerprint density at radius 3 is 2.08 bits per heavy atom. The van der Waals surface area contributed by atoms with Crippen molar-refractivity contribution in [2.24, 2.45) is 23.7 Å². The summed E-state index contributed by atoms with van der Waals surface area (Å²) in [5.74, 6) is -3.90. The second-order valence-electron chi connectivity index (χ2n) is 9.23. The smallest absolute Gasteiger partial charge is 0.418 e. The van der Waals surface area contributed by atoms with Crippen molar-refractivity contribution in [1.29, 1.82) is 0 Å². The summed E-state index contributed by atoms with van der Waals surface area (Å²) in [6.45, 7) is -0.818. The number of esters is 1. The number of nitrogens with one attached hydrogen (secondary N) is 1. The lowest BCUT2D eigenvalue weighted by Crippen LogP contribution is -2.37. The summed E-state index contributed by atoms with van der Waals surface area (Å²) in [6.07, 6.45) is -4.03. The van der Waals surface area contributed by atoms with Crippen LogP contribution in [0.2, 0.25) is 0 Å². The molecule has 194 valence electrons. The molecule has 2 aromatic rings. The van der Waals surface area contributed by atoms with Crippen molar-refractivity contribution < 1.29 is 37.1 Å². The molecule has 0 spiro atoms. The molecule has 3 aliphatic rings. The number of alkyl halides is 5. The number of fused-ring (bicyclic) bond motifs is 5. The Balaban J connectivity index is 1.21. The molecule has 1 N–H and O–H groups in total. The molecule has 0 unspecified atom stereocenters. The predicted octanol–water partition coefficient (Wildman–Crippen LogP) is 4.47. The molecule has 37 heavy (non-hydrogen) atoms. The predicted molar refractivity (Wildman–Crippen MR) is 127 cm³/mol. The minimum absolute atomic E-state index is 0.0215. The van der Waals surface area contributed by atoms with Gasteiger partial charge in [-0.2, -0.15) is 13.2 Å². The minimum atomic E-state index is -4.67. The summed E-state index contributed by atoms with van der Waals surface area (Å²) in [7, 11) is 0. The Morgan fingerprint density at radius 2 is 1.51 bits per heavy atom. The maximum absolute atomic E-state index is 13.1. The molecule has 3 fully saturated rings. The zero-order chi connectivity index (χ0) is 26.6. The molecule has 2 bridgehead atoms. The summed E-state index contributed by atoms with van der Waals surface area (Å²) in [5, 5.41) is 1.33. The quantitative estimate of drug-likeness (QED) is 0.334. The molecule has 7 nitrogen and oxygen atoms in total. The zero-order valence-electron chi connectivity index (χ0n) is 18.9. The lowest BCUT2D eigenvalue weighted by molar-refractivity contribution is -0.137. The van der Waals surface area contributed by atoms with Crippen molar-refractivity contribution >= 4 is 58.3 Å². The average Bonchev–Trinajstić information content (AvgIpc) is 3.47. The van der Waals surface area contributed by atoms with E-state index in [2.05, 4.69) is 5.32 Å². The molecule has 6 atom stereocenters. The molecule has 1 saturated heterocycles. The van der Waals surface area contributed by atoms with Gasteiger partial charge >= 0.3 is 12.1 Å². The van der Waals surface area contributed by atoms with Crippen LogP contribution in [0.1, 0.15) is 22.3 Å². The Kier molecular flexibility index (Phi) is 6.44. The van der Waals surface area contributed by atoms with Gasteiger partial charge in [0.15, 0.2) is 6.61 Å². The first-order chi connectivity index (χ1) is 17.5. The number of rotatable bonds is 5. The monoisotopic (exact) mass is 554 g/mol. The van der Waals surface area contributed by atoms with Gasteiger partial charge in [0.05, 0.1) is 45.1 Å². The van der Waals surface area contributed by atoms with E-state index in [1.807, 2.05) is 0 Å².